The number of anilines is 2. The summed E-state index contributed by atoms with van der Waals surface area (Å²) < 4.78 is 6.36. The van der Waals surface area contributed by atoms with Crippen molar-refractivity contribution in [3.05, 3.63) is 41.7 Å². The van der Waals surface area contributed by atoms with Crippen molar-refractivity contribution in [1.29, 1.82) is 5.26 Å². The van der Waals surface area contributed by atoms with Crippen LogP contribution in [0.4, 0.5) is 11.5 Å². The molecule has 23 heavy (non-hydrogen) atoms. The number of para-hydroxylation sites is 2. The quantitative estimate of drug-likeness (QED) is 0.732. The fraction of sp³-hybridized carbons (Fsp3) is 0.0714. The molecule has 0 bridgehead atoms. The standard InChI is InChI=1S/C14H11N7O2/c1-23-10-5-3-2-4-9(10)18-14(22)11-12(16)21-13(20-19-11)8(6-15)7-17-21/h2-5,7H,16H2,1H3,(H,18,22). The fourth-order valence-corrected chi connectivity index (χ4v) is 2.03. The Morgan fingerprint density at radius 3 is 2.91 bits per heavy atom. The zero-order valence-electron chi connectivity index (χ0n) is 12.0. The third kappa shape index (κ3) is 2.38. The zero-order chi connectivity index (χ0) is 16.4. The minimum Gasteiger partial charge on any atom is -0.495 e. The van der Waals surface area contributed by atoms with Crippen LogP contribution in [0.3, 0.4) is 0 Å². The van der Waals surface area contributed by atoms with Crippen LogP contribution in [-0.4, -0.2) is 32.8 Å². The minimum absolute atomic E-state index is 0.0103. The number of nitrogen functional groups attached to an aromatic ring is 1. The average molecular weight is 309 g/mol. The number of hydrogen-bond acceptors (Lipinski definition) is 7. The van der Waals surface area contributed by atoms with E-state index in [9.17, 15) is 4.79 Å². The Bertz CT molecular complexity index is 942. The van der Waals surface area contributed by atoms with Crippen LogP contribution < -0.4 is 15.8 Å². The molecule has 9 nitrogen and oxygen atoms in total. The molecular weight excluding hydrogens is 298 g/mol. The molecule has 0 atom stereocenters. The van der Waals surface area contributed by atoms with Crippen molar-refractivity contribution in [2.45, 2.75) is 0 Å². The van der Waals surface area contributed by atoms with E-state index in [4.69, 9.17) is 15.7 Å². The van der Waals surface area contributed by atoms with Crippen molar-refractivity contribution in [2.24, 2.45) is 0 Å². The topological polar surface area (TPSA) is 131 Å². The molecule has 3 aromatic rings. The van der Waals surface area contributed by atoms with Crippen LogP contribution >= 0.6 is 0 Å². The van der Waals surface area contributed by atoms with Crippen molar-refractivity contribution < 1.29 is 9.53 Å². The van der Waals surface area contributed by atoms with Gasteiger partial charge in [0, 0.05) is 0 Å². The molecule has 2 aromatic heterocycles. The molecule has 0 unspecified atom stereocenters. The maximum absolute atomic E-state index is 12.4. The monoisotopic (exact) mass is 309 g/mol. The van der Waals surface area contributed by atoms with Crippen molar-refractivity contribution in [2.75, 3.05) is 18.2 Å². The number of rotatable bonds is 3. The molecule has 3 rings (SSSR count). The predicted octanol–water partition coefficient (Wildman–Crippen LogP) is 0.839. The van der Waals surface area contributed by atoms with E-state index in [0.717, 1.165) is 0 Å². The van der Waals surface area contributed by atoms with Crippen molar-refractivity contribution in [3.63, 3.8) is 0 Å². The molecule has 0 fully saturated rings. The Morgan fingerprint density at radius 1 is 1.39 bits per heavy atom. The number of aromatic nitrogens is 4. The van der Waals surface area contributed by atoms with Gasteiger partial charge in [-0.25, -0.2) is 0 Å². The summed E-state index contributed by atoms with van der Waals surface area (Å²) in [5.74, 6) is -0.0707. The van der Waals surface area contributed by atoms with E-state index in [1.807, 2.05) is 6.07 Å². The summed E-state index contributed by atoms with van der Waals surface area (Å²) >= 11 is 0. The molecule has 0 radical (unpaired) electrons. The van der Waals surface area contributed by atoms with Crippen LogP contribution in [0, 0.1) is 11.3 Å². The lowest BCUT2D eigenvalue weighted by Gasteiger charge is -2.10. The third-order valence-corrected chi connectivity index (χ3v) is 3.15. The van der Waals surface area contributed by atoms with Gasteiger partial charge in [-0.15, -0.1) is 10.2 Å². The molecule has 0 spiro atoms. The highest BCUT2D eigenvalue weighted by Gasteiger charge is 2.19. The summed E-state index contributed by atoms with van der Waals surface area (Å²) in [7, 11) is 1.50. The highest BCUT2D eigenvalue weighted by molar-refractivity contribution is 6.06. The Morgan fingerprint density at radius 2 is 2.17 bits per heavy atom. The van der Waals surface area contributed by atoms with Gasteiger partial charge >= 0.3 is 0 Å². The minimum atomic E-state index is -0.560. The Kier molecular flexibility index (Phi) is 3.48. The van der Waals surface area contributed by atoms with Crippen molar-refractivity contribution >= 4 is 23.1 Å². The van der Waals surface area contributed by atoms with Gasteiger partial charge in [-0.2, -0.15) is 14.9 Å². The molecule has 0 saturated heterocycles. The number of nitrogens with one attached hydrogen (secondary N) is 1. The molecule has 1 aromatic carbocycles. The lowest BCUT2D eigenvalue weighted by molar-refractivity contribution is 0.102. The molecule has 114 valence electrons. The normalized spacial score (nSPS) is 10.3. The van der Waals surface area contributed by atoms with E-state index in [1.165, 1.54) is 17.8 Å². The van der Waals surface area contributed by atoms with Gasteiger partial charge < -0.3 is 15.8 Å². The van der Waals surface area contributed by atoms with Crippen LogP contribution in [0.5, 0.6) is 5.75 Å². The second-order valence-electron chi connectivity index (χ2n) is 4.49. The second kappa shape index (κ2) is 5.61. The number of methoxy groups -OCH3 is 1. The smallest absolute Gasteiger partial charge is 0.280 e. The number of carbonyl (C=O) groups excluding carboxylic acids is 1. The molecule has 3 N–H and O–H groups in total. The van der Waals surface area contributed by atoms with Gasteiger partial charge in [-0.3, -0.25) is 4.79 Å². The largest absolute Gasteiger partial charge is 0.495 e. The first-order valence-electron chi connectivity index (χ1n) is 6.50. The van der Waals surface area contributed by atoms with Crippen LogP contribution in [-0.2, 0) is 0 Å². The summed E-state index contributed by atoms with van der Waals surface area (Å²) in [6.07, 6.45) is 1.31. The predicted molar refractivity (Wildman–Crippen MR) is 80.9 cm³/mol. The molecular formula is C14H11N7O2. The number of nitriles is 1. The second-order valence-corrected chi connectivity index (χ2v) is 4.49. The van der Waals surface area contributed by atoms with E-state index in [1.54, 1.807) is 24.3 Å². The van der Waals surface area contributed by atoms with Gasteiger partial charge in [-0.05, 0) is 12.1 Å². The van der Waals surface area contributed by atoms with Crippen molar-refractivity contribution in [3.8, 4) is 11.8 Å². The van der Waals surface area contributed by atoms with Crippen LogP contribution in [0.25, 0.3) is 5.65 Å². The van der Waals surface area contributed by atoms with E-state index in [-0.39, 0.29) is 22.7 Å². The highest BCUT2D eigenvalue weighted by Crippen LogP contribution is 2.24. The first kappa shape index (κ1) is 14.3. The summed E-state index contributed by atoms with van der Waals surface area (Å²) in [5.41, 5.74) is 6.70. The number of amides is 1. The first-order valence-corrected chi connectivity index (χ1v) is 6.50. The number of carbonyl (C=O) groups is 1. The molecule has 0 aliphatic heterocycles. The number of nitrogens with zero attached hydrogens (tertiary/aromatic N) is 5. The number of fused-ring (bicyclic) bond motifs is 1. The average Bonchev–Trinajstić information content (AvgIpc) is 2.99. The molecule has 0 aliphatic carbocycles. The SMILES string of the molecule is COc1ccccc1NC(=O)c1nnc2c(C#N)cnn2c1N. The summed E-state index contributed by atoms with van der Waals surface area (Å²) in [5, 5.41) is 23.2. The lowest BCUT2D eigenvalue weighted by atomic mass is 10.2. The molecule has 9 heteroatoms. The van der Waals surface area contributed by atoms with Gasteiger partial charge in [0.05, 0.1) is 19.0 Å². The molecule has 0 saturated carbocycles. The fourth-order valence-electron chi connectivity index (χ4n) is 2.03. The number of nitrogens with two attached hydrogens (primary N) is 1. The van der Waals surface area contributed by atoms with Gasteiger partial charge in [0.2, 0.25) is 0 Å². The van der Waals surface area contributed by atoms with E-state index in [0.29, 0.717) is 11.4 Å². The first-order chi connectivity index (χ1) is 11.2. The maximum Gasteiger partial charge on any atom is 0.280 e. The van der Waals surface area contributed by atoms with E-state index < -0.39 is 5.91 Å². The van der Waals surface area contributed by atoms with Gasteiger partial charge in [-0.1, -0.05) is 12.1 Å². The van der Waals surface area contributed by atoms with Gasteiger partial charge in [0.1, 0.15) is 17.4 Å². The van der Waals surface area contributed by atoms with Crippen LogP contribution in [0.2, 0.25) is 0 Å². The Labute approximate surface area is 130 Å². The number of ether oxygens (including phenoxy) is 1. The van der Waals surface area contributed by atoms with E-state index in [2.05, 4.69) is 20.6 Å². The van der Waals surface area contributed by atoms with E-state index >= 15 is 0 Å². The van der Waals surface area contributed by atoms with Gasteiger partial charge in [0.15, 0.2) is 17.2 Å². The summed E-state index contributed by atoms with van der Waals surface area (Å²) in [4.78, 5) is 12.4. The third-order valence-electron chi connectivity index (χ3n) is 3.15. The Hall–Kier alpha value is -3.67. The van der Waals surface area contributed by atoms with Crippen molar-refractivity contribution in [1.82, 2.24) is 19.8 Å². The summed E-state index contributed by atoms with van der Waals surface area (Å²) in [6.45, 7) is 0. The zero-order valence-corrected chi connectivity index (χ0v) is 12.0. The maximum atomic E-state index is 12.4. The number of benzene rings is 1. The highest BCUT2D eigenvalue weighted by atomic mass is 16.5. The molecule has 2 heterocycles. The lowest BCUT2D eigenvalue weighted by Crippen LogP contribution is -2.19. The van der Waals surface area contributed by atoms with Crippen LogP contribution in [0.15, 0.2) is 30.5 Å². The molecule has 1 amide bonds. The summed E-state index contributed by atoms with van der Waals surface area (Å²) in [6, 6.07) is 8.84. The Balaban J connectivity index is 1.98. The molecule has 0 aliphatic rings. The number of hydrogen-bond donors (Lipinski definition) is 2. The van der Waals surface area contributed by atoms with Crippen LogP contribution in [0.1, 0.15) is 16.1 Å². The van der Waals surface area contributed by atoms with Gasteiger partial charge in [0.25, 0.3) is 5.91 Å².